The van der Waals surface area contributed by atoms with E-state index in [1.54, 1.807) is 26.4 Å². The van der Waals surface area contributed by atoms with Gasteiger partial charge in [0, 0.05) is 39.2 Å². The predicted octanol–water partition coefficient (Wildman–Crippen LogP) is 1.62. The van der Waals surface area contributed by atoms with Crippen molar-refractivity contribution in [1.29, 1.82) is 0 Å². The normalized spacial score (nSPS) is 19.8. The molecular weight excluding hydrogens is 256 g/mol. The molecule has 110 valence electrons. The van der Waals surface area contributed by atoms with Crippen LogP contribution in [-0.4, -0.2) is 48.3 Å². The monoisotopic (exact) mass is 278 g/mol. The number of nitrogens with zero attached hydrogens (tertiary/aromatic N) is 2. The minimum Gasteiger partial charge on any atom is -0.376 e. The minimum atomic E-state index is -0.432. The molecule has 20 heavy (non-hydrogen) atoms. The zero-order chi connectivity index (χ0) is 14.4. The van der Waals surface area contributed by atoms with Crippen LogP contribution in [0, 0.1) is 0 Å². The molecule has 1 amide bonds. The van der Waals surface area contributed by atoms with Crippen LogP contribution in [0.2, 0.25) is 0 Å². The lowest BCUT2D eigenvalue weighted by Gasteiger charge is -2.27. The van der Waals surface area contributed by atoms with Gasteiger partial charge in [0.15, 0.2) is 0 Å². The molecule has 5 heteroatoms. The summed E-state index contributed by atoms with van der Waals surface area (Å²) in [7, 11) is 1.55. The summed E-state index contributed by atoms with van der Waals surface area (Å²) in [4.78, 5) is 18.2. The topological polar surface area (TPSA) is 51.7 Å². The Balaban J connectivity index is 2.04. The average molecular weight is 278 g/mol. The van der Waals surface area contributed by atoms with Crippen molar-refractivity contribution in [2.24, 2.45) is 0 Å². The van der Waals surface area contributed by atoms with E-state index in [1.807, 2.05) is 17.0 Å². The third kappa shape index (κ3) is 4.02. The Morgan fingerprint density at radius 1 is 1.55 bits per heavy atom. The molecule has 0 spiro atoms. The van der Waals surface area contributed by atoms with Gasteiger partial charge < -0.3 is 14.4 Å². The van der Waals surface area contributed by atoms with Gasteiger partial charge in [0.1, 0.15) is 6.10 Å². The maximum absolute atomic E-state index is 12.4. The zero-order valence-electron chi connectivity index (χ0n) is 12.1. The molecule has 1 fully saturated rings. The molecule has 0 saturated carbocycles. The van der Waals surface area contributed by atoms with Gasteiger partial charge in [-0.25, -0.2) is 0 Å². The number of ether oxygens (including phenoxy) is 2. The van der Waals surface area contributed by atoms with Crippen molar-refractivity contribution in [2.45, 2.75) is 38.5 Å². The van der Waals surface area contributed by atoms with Crippen LogP contribution in [0.4, 0.5) is 0 Å². The van der Waals surface area contributed by atoms with Gasteiger partial charge in [0.25, 0.3) is 5.91 Å². The molecule has 2 heterocycles. The van der Waals surface area contributed by atoms with Crippen molar-refractivity contribution < 1.29 is 14.3 Å². The summed E-state index contributed by atoms with van der Waals surface area (Å²) in [5.74, 6) is -0.000174. The van der Waals surface area contributed by atoms with E-state index in [4.69, 9.17) is 9.47 Å². The number of rotatable bonds is 6. The van der Waals surface area contributed by atoms with Gasteiger partial charge in [-0.05, 0) is 37.5 Å². The quantitative estimate of drug-likeness (QED) is 0.793. The second-order valence-electron chi connectivity index (χ2n) is 5.09. The smallest absolute Gasteiger partial charge is 0.251 e. The third-order valence-corrected chi connectivity index (χ3v) is 3.58. The van der Waals surface area contributed by atoms with Crippen LogP contribution in [0.15, 0.2) is 24.5 Å². The highest BCUT2D eigenvalue weighted by Crippen LogP contribution is 2.16. The van der Waals surface area contributed by atoms with Crippen molar-refractivity contribution in [2.75, 3.05) is 20.3 Å². The standard InChI is InChI=1S/C15H22N2O3/c1-12(19-2)15(18)17(11-14-4-3-9-20-14)10-13-5-7-16-8-6-13/h5-8,12,14H,3-4,9-11H2,1-2H3. The number of aromatic nitrogens is 1. The fourth-order valence-electron chi connectivity index (χ4n) is 2.33. The Morgan fingerprint density at radius 3 is 2.90 bits per heavy atom. The first kappa shape index (κ1) is 14.9. The maximum atomic E-state index is 12.4. The number of pyridine rings is 1. The second kappa shape index (κ2) is 7.36. The average Bonchev–Trinajstić information content (AvgIpc) is 2.99. The van der Waals surface area contributed by atoms with Gasteiger partial charge >= 0.3 is 0 Å². The van der Waals surface area contributed by atoms with Crippen LogP contribution in [0.1, 0.15) is 25.3 Å². The highest BCUT2D eigenvalue weighted by Gasteiger charge is 2.25. The van der Waals surface area contributed by atoms with Crippen molar-refractivity contribution in [3.05, 3.63) is 30.1 Å². The summed E-state index contributed by atoms with van der Waals surface area (Å²) >= 11 is 0. The van der Waals surface area contributed by atoms with Crippen LogP contribution in [0.25, 0.3) is 0 Å². The lowest BCUT2D eigenvalue weighted by molar-refractivity contribution is -0.143. The Hall–Kier alpha value is -1.46. The van der Waals surface area contributed by atoms with Gasteiger partial charge in [0.2, 0.25) is 0 Å². The van der Waals surface area contributed by atoms with Crippen molar-refractivity contribution in [1.82, 2.24) is 9.88 Å². The van der Waals surface area contributed by atoms with Crippen LogP contribution < -0.4 is 0 Å². The van der Waals surface area contributed by atoms with Crippen LogP contribution in [0.5, 0.6) is 0 Å². The minimum absolute atomic E-state index is 0.000174. The zero-order valence-corrected chi connectivity index (χ0v) is 12.1. The van der Waals surface area contributed by atoms with Gasteiger partial charge in [0.05, 0.1) is 6.10 Å². The number of carbonyl (C=O) groups is 1. The molecule has 1 aliphatic heterocycles. The molecule has 1 saturated heterocycles. The molecular formula is C15H22N2O3. The number of carbonyl (C=O) groups excluding carboxylic acids is 1. The molecule has 0 bridgehead atoms. The van der Waals surface area contributed by atoms with E-state index in [0.717, 1.165) is 25.0 Å². The SMILES string of the molecule is COC(C)C(=O)N(Cc1ccncc1)CC1CCCO1. The van der Waals surface area contributed by atoms with E-state index in [1.165, 1.54) is 0 Å². The summed E-state index contributed by atoms with van der Waals surface area (Å²) < 4.78 is 10.8. The van der Waals surface area contributed by atoms with Gasteiger partial charge in [-0.2, -0.15) is 0 Å². The third-order valence-electron chi connectivity index (χ3n) is 3.58. The van der Waals surface area contributed by atoms with Crippen LogP contribution in [-0.2, 0) is 20.8 Å². The summed E-state index contributed by atoms with van der Waals surface area (Å²) in [6, 6.07) is 3.85. The number of hydrogen-bond acceptors (Lipinski definition) is 4. The number of methoxy groups -OCH3 is 1. The largest absolute Gasteiger partial charge is 0.376 e. The fourth-order valence-corrected chi connectivity index (χ4v) is 2.33. The molecule has 0 aromatic carbocycles. The van der Waals surface area contributed by atoms with E-state index in [0.29, 0.717) is 13.1 Å². The molecule has 0 radical (unpaired) electrons. The van der Waals surface area contributed by atoms with Gasteiger partial charge in [-0.15, -0.1) is 0 Å². The Morgan fingerprint density at radius 2 is 2.30 bits per heavy atom. The molecule has 2 unspecified atom stereocenters. The highest BCUT2D eigenvalue weighted by atomic mass is 16.5. The molecule has 2 rings (SSSR count). The first-order chi connectivity index (χ1) is 9.70. The van der Waals surface area contributed by atoms with E-state index in [-0.39, 0.29) is 12.0 Å². The van der Waals surface area contributed by atoms with Crippen LogP contribution >= 0.6 is 0 Å². The van der Waals surface area contributed by atoms with Crippen LogP contribution in [0.3, 0.4) is 0 Å². The van der Waals surface area contributed by atoms with Crippen molar-refractivity contribution in [3.63, 3.8) is 0 Å². The Kier molecular flexibility index (Phi) is 5.49. The molecule has 1 aromatic rings. The summed E-state index contributed by atoms with van der Waals surface area (Å²) in [6.07, 6.45) is 5.28. The Bertz CT molecular complexity index is 418. The first-order valence-corrected chi connectivity index (χ1v) is 7.03. The second-order valence-corrected chi connectivity index (χ2v) is 5.09. The van der Waals surface area contributed by atoms with Gasteiger partial charge in [-0.3, -0.25) is 9.78 Å². The van der Waals surface area contributed by atoms with Gasteiger partial charge in [-0.1, -0.05) is 0 Å². The highest BCUT2D eigenvalue weighted by molar-refractivity contribution is 5.80. The van der Waals surface area contributed by atoms with Crippen molar-refractivity contribution >= 4 is 5.91 Å². The van der Waals surface area contributed by atoms with Crippen molar-refractivity contribution in [3.8, 4) is 0 Å². The van der Waals surface area contributed by atoms with E-state index in [9.17, 15) is 4.79 Å². The summed E-state index contributed by atoms with van der Waals surface area (Å²) in [6.45, 7) is 3.75. The number of hydrogen-bond donors (Lipinski definition) is 0. The molecule has 5 nitrogen and oxygen atoms in total. The predicted molar refractivity (Wildman–Crippen MR) is 75.1 cm³/mol. The van der Waals surface area contributed by atoms with E-state index >= 15 is 0 Å². The fraction of sp³-hybridized carbons (Fsp3) is 0.600. The lowest BCUT2D eigenvalue weighted by atomic mass is 10.2. The molecule has 0 N–H and O–H groups in total. The van der Waals surface area contributed by atoms with E-state index in [2.05, 4.69) is 4.98 Å². The molecule has 1 aromatic heterocycles. The van der Waals surface area contributed by atoms with E-state index < -0.39 is 6.10 Å². The first-order valence-electron chi connectivity index (χ1n) is 7.03. The summed E-state index contributed by atoms with van der Waals surface area (Å²) in [5, 5.41) is 0. The number of amides is 1. The lowest BCUT2D eigenvalue weighted by Crippen LogP contribution is -2.42. The molecule has 2 atom stereocenters. The Labute approximate surface area is 119 Å². The molecule has 0 aliphatic carbocycles. The summed E-state index contributed by atoms with van der Waals surface area (Å²) in [5.41, 5.74) is 1.06. The maximum Gasteiger partial charge on any atom is 0.251 e. The molecule has 1 aliphatic rings.